The van der Waals surface area contributed by atoms with Crippen LogP contribution in [0.3, 0.4) is 0 Å². The molecule has 2 atom stereocenters. The smallest absolute Gasteiger partial charge is 0.00793 e. The number of hydrogen-bond acceptors (Lipinski definition) is 2. The lowest BCUT2D eigenvalue weighted by atomic mass is 9.94. The molecular weight excluding hydrogens is 208 g/mol. The monoisotopic (exact) mass is 240 g/mol. The summed E-state index contributed by atoms with van der Waals surface area (Å²) in [5.41, 5.74) is 6.33. The van der Waals surface area contributed by atoms with Gasteiger partial charge in [0.15, 0.2) is 0 Å². The van der Waals surface area contributed by atoms with E-state index in [1.165, 1.54) is 45.2 Å². The number of rotatable bonds is 5. The van der Waals surface area contributed by atoms with E-state index in [-0.39, 0.29) is 0 Å². The first-order valence-corrected chi connectivity index (χ1v) is 7.50. The summed E-state index contributed by atoms with van der Waals surface area (Å²) < 4.78 is 0. The van der Waals surface area contributed by atoms with E-state index in [0.717, 1.165) is 11.8 Å². The van der Waals surface area contributed by atoms with Gasteiger partial charge in [-0.15, -0.1) is 0 Å². The molecule has 0 heterocycles. The second kappa shape index (κ2) is 7.38. The molecule has 0 aromatic heterocycles. The molecule has 1 saturated carbocycles. The highest BCUT2D eigenvalue weighted by molar-refractivity contribution is 4.80. The van der Waals surface area contributed by atoms with E-state index in [9.17, 15) is 0 Å². The van der Waals surface area contributed by atoms with Gasteiger partial charge in [0, 0.05) is 25.2 Å². The van der Waals surface area contributed by atoms with E-state index >= 15 is 0 Å². The molecule has 0 aromatic carbocycles. The summed E-state index contributed by atoms with van der Waals surface area (Å²) in [6.45, 7) is 11.7. The average molecular weight is 240 g/mol. The number of hydrogen-bond donors (Lipinski definition) is 1. The Morgan fingerprint density at radius 2 is 1.71 bits per heavy atom. The minimum atomic E-state index is 0.436. The Balaban J connectivity index is 2.51. The summed E-state index contributed by atoms with van der Waals surface area (Å²) in [5, 5.41) is 0. The third-order valence-corrected chi connectivity index (χ3v) is 4.02. The zero-order valence-electron chi connectivity index (χ0n) is 12.3. The summed E-state index contributed by atoms with van der Waals surface area (Å²) in [6, 6.07) is 1.08. The molecule has 0 aromatic rings. The summed E-state index contributed by atoms with van der Waals surface area (Å²) in [4.78, 5) is 2.63. The molecule has 2 N–H and O–H groups in total. The van der Waals surface area contributed by atoms with Crippen molar-refractivity contribution in [2.75, 3.05) is 13.1 Å². The van der Waals surface area contributed by atoms with Crippen LogP contribution in [0.4, 0.5) is 0 Å². The van der Waals surface area contributed by atoms with E-state index in [2.05, 4.69) is 32.6 Å². The van der Waals surface area contributed by atoms with E-state index in [1.807, 2.05) is 0 Å². The molecule has 2 unspecified atom stereocenters. The molecule has 1 aliphatic carbocycles. The Kier molecular flexibility index (Phi) is 6.50. The van der Waals surface area contributed by atoms with Crippen LogP contribution in [0.25, 0.3) is 0 Å². The van der Waals surface area contributed by atoms with Gasteiger partial charge in [-0.25, -0.2) is 0 Å². The zero-order valence-corrected chi connectivity index (χ0v) is 12.3. The van der Waals surface area contributed by atoms with Crippen LogP contribution in [0, 0.1) is 11.8 Å². The fraction of sp³-hybridized carbons (Fsp3) is 1.00. The second-order valence-electron chi connectivity index (χ2n) is 6.50. The summed E-state index contributed by atoms with van der Waals surface area (Å²) in [5.74, 6) is 1.47. The average Bonchev–Trinajstić information content (AvgIpc) is 2.42. The van der Waals surface area contributed by atoms with Crippen LogP contribution in [0.5, 0.6) is 0 Å². The Morgan fingerprint density at radius 1 is 1.06 bits per heavy atom. The molecule has 0 bridgehead atoms. The number of nitrogens with two attached hydrogens (primary N) is 1. The lowest BCUT2D eigenvalue weighted by Crippen LogP contribution is -2.43. The number of nitrogens with zero attached hydrogens (tertiary/aromatic N) is 1. The van der Waals surface area contributed by atoms with Crippen molar-refractivity contribution >= 4 is 0 Å². The standard InChI is InChI=1S/C15H32N2/c1-12(2)10-17(13(3)4)11-14-8-6-5-7-9-15(14)16/h12-15H,5-11,16H2,1-4H3. The molecule has 1 rings (SSSR count). The summed E-state index contributed by atoms with van der Waals surface area (Å²) >= 11 is 0. The van der Waals surface area contributed by atoms with Gasteiger partial charge in [-0.05, 0) is 38.5 Å². The summed E-state index contributed by atoms with van der Waals surface area (Å²) in [6.07, 6.45) is 6.67. The fourth-order valence-electron chi connectivity index (χ4n) is 2.91. The van der Waals surface area contributed by atoms with Crippen molar-refractivity contribution in [3.8, 4) is 0 Å². The van der Waals surface area contributed by atoms with E-state index in [1.54, 1.807) is 0 Å². The maximum atomic E-state index is 6.33. The highest BCUT2D eigenvalue weighted by atomic mass is 15.1. The Labute approximate surface area is 108 Å². The van der Waals surface area contributed by atoms with Crippen LogP contribution in [0.2, 0.25) is 0 Å². The van der Waals surface area contributed by atoms with E-state index in [0.29, 0.717) is 12.1 Å². The highest BCUT2D eigenvalue weighted by Crippen LogP contribution is 2.24. The molecule has 0 radical (unpaired) electrons. The first-order valence-electron chi connectivity index (χ1n) is 7.50. The molecule has 0 aliphatic heterocycles. The SMILES string of the molecule is CC(C)CN(CC1CCCCCC1N)C(C)C. The predicted molar refractivity (Wildman–Crippen MR) is 76.1 cm³/mol. The van der Waals surface area contributed by atoms with Gasteiger partial charge in [-0.3, -0.25) is 0 Å². The van der Waals surface area contributed by atoms with Crippen LogP contribution >= 0.6 is 0 Å². The second-order valence-corrected chi connectivity index (χ2v) is 6.50. The van der Waals surface area contributed by atoms with Crippen LogP contribution in [0.1, 0.15) is 59.8 Å². The van der Waals surface area contributed by atoms with E-state index < -0.39 is 0 Å². The first kappa shape index (κ1) is 15.0. The third kappa shape index (κ3) is 5.39. The van der Waals surface area contributed by atoms with Crippen molar-refractivity contribution in [1.29, 1.82) is 0 Å². The Bertz CT molecular complexity index is 201. The van der Waals surface area contributed by atoms with Crippen LogP contribution in [-0.2, 0) is 0 Å². The normalized spacial score (nSPS) is 26.8. The largest absolute Gasteiger partial charge is 0.327 e. The molecule has 2 nitrogen and oxygen atoms in total. The van der Waals surface area contributed by atoms with Crippen molar-refractivity contribution in [2.45, 2.75) is 71.9 Å². The molecule has 2 heteroatoms. The zero-order chi connectivity index (χ0) is 12.8. The molecule has 0 saturated heterocycles. The molecule has 0 spiro atoms. The van der Waals surface area contributed by atoms with Crippen molar-refractivity contribution in [3.63, 3.8) is 0 Å². The van der Waals surface area contributed by atoms with Gasteiger partial charge < -0.3 is 10.6 Å². The maximum absolute atomic E-state index is 6.33. The van der Waals surface area contributed by atoms with Gasteiger partial charge in [0.1, 0.15) is 0 Å². The van der Waals surface area contributed by atoms with Crippen molar-refractivity contribution in [2.24, 2.45) is 17.6 Å². The minimum Gasteiger partial charge on any atom is -0.327 e. The van der Waals surface area contributed by atoms with Crippen molar-refractivity contribution in [1.82, 2.24) is 4.90 Å². The van der Waals surface area contributed by atoms with Gasteiger partial charge in [0.25, 0.3) is 0 Å². The van der Waals surface area contributed by atoms with Crippen LogP contribution < -0.4 is 5.73 Å². The lowest BCUT2D eigenvalue weighted by molar-refractivity contribution is 0.153. The maximum Gasteiger partial charge on any atom is 0.00793 e. The van der Waals surface area contributed by atoms with Crippen molar-refractivity contribution in [3.05, 3.63) is 0 Å². The fourth-order valence-corrected chi connectivity index (χ4v) is 2.91. The van der Waals surface area contributed by atoms with Gasteiger partial charge in [0.05, 0.1) is 0 Å². The molecule has 1 fully saturated rings. The lowest BCUT2D eigenvalue weighted by Gasteiger charge is -2.33. The van der Waals surface area contributed by atoms with Gasteiger partial charge in [0.2, 0.25) is 0 Å². The van der Waals surface area contributed by atoms with Crippen LogP contribution in [-0.4, -0.2) is 30.1 Å². The topological polar surface area (TPSA) is 29.3 Å². The third-order valence-electron chi connectivity index (χ3n) is 4.02. The van der Waals surface area contributed by atoms with Gasteiger partial charge in [-0.2, -0.15) is 0 Å². The molecular formula is C15H32N2. The minimum absolute atomic E-state index is 0.436. The highest BCUT2D eigenvalue weighted by Gasteiger charge is 2.24. The first-order chi connectivity index (χ1) is 8.00. The van der Waals surface area contributed by atoms with Crippen molar-refractivity contribution < 1.29 is 0 Å². The predicted octanol–water partition coefficient (Wildman–Crippen LogP) is 3.26. The van der Waals surface area contributed by atoms with E-state index in [4.69, 9.17) is 5.73 Å². The quantitative estimate of drug-likeness (QED) is 0.747. The molecule has 102 valence electrons. The summed E-state index contributed by atoms with van der Waals surface area (Å²) in [7, 11) is 0. The van der Waals surface area contributed by atoms with Gasteiger partial charge >= 0.3 is 0 Å². The van der Waals surface area contributed by atoms with Crippen LogP contribution in [0.15, 0.2) is 0 Å². The van der Waals surface area contributed by atoms with Gasteiger partial charge in [-0.1, -0.05) is 33.1 Å². The molecule has 0 amide bonds. The molecule has 1 aliphatic rings. The molecule has 17 heavy (non-hydrogen) atoms. The Hall–Kier alpha value is -0.0800. The Morgan fingerprint density at radius 3 is 2.29 bits per heavy atom.